The Hall–Kier alpha value is -4.68. The molecule has 1 aliphatic heterocycles. The first-order valence-electron chi connectivity index (χ1n) is 16.1. The number of fused-ring (bicyclic) bond motifs is 1. The number of hydrogen-bond acceptors (Lipinski definition) is 5. The molecule has 0 aliphatic carbocycles. The lowest BCUT2D eigenvalue weighted by Gasteiger charge is -2.43. The Labute approximate surface area is 286 Å². The molecule has 6 rings (SSSR count). The highest BCUT2D eigenvalue weighted by atomic mass is 19.2. The third-order valence-corrected chi connectivity index (χ3v) is 9.39. The lowest BCUT2D eigenvalue weighted by atomic mass is 9.89. The molecule has 0 bridgehead atoms. The molecule has 0 aromatic heterocycles. The molecule has 50 heavy (non-hydrogen) atoms. The number of ether oxygens (including phenoxy) is 2. The maximum absolute atomic E-state index is 14.2. The maximum Gasteiger partial charge on any atom is 0.261 e. The van der Waals surface area contributed by atoms with E-state index >= 15 is 0 Å². The molecule has 5 aromatic rings. The minimum atomic E-state index is -2.35. The van der Waals surface area contributed by atoms with Gasteiger partial charge in [0.15, 0.2) is 29.6 Å². The summed E-state index contributed by atoms with van der Waals surface area (Å²) in [5.41, 5.74) is 1.83. The number of aliphatic hydroxyl groups is 1. The minimum Gasteiger partial charge on any atom is -0.392 e. The first kappa shape index (κ1) is 35.2. The van der Waals surface area contributed by atoms with Crippen LogP contribution in [0.2, 0.25) is 0 Å². The van der Waals surface area contributed by atoms with Crippen molar-refractivity contribution in [1.29, 1.82) is 0 Å². The highest BCUT2D eigenvalue weighted by molar-refractivity contribution is 6.04. The first-order valence-corrected chi connectivity index (χ1v) is 16.1. The van der Waals surface area contributed by atoms with Gasteiger partial charge in [-0.05, 0) is 59.6 Å². The fourth-order valence-corrected chi connectivity index (χ4v) is 6.21. The van der Waals surface area contributed by atoms with Crippen molar-refractivity contribution >= 4 is 22.4 Å². The highest BCUT2D eigenvalue weighted by Crippen LogP contribution is 2.42. The van der Waals surface area contributed by atoms with Crippen LogP contribution in [-0.2, 0) is 16.1 Å². The van der Waals surface area contributed by atoms with E-state index in [1.54, 1.807) is 12.1 Å². The summed E-state index contributed by atoms with van der Waals surface area (Å²) in [7, 11) is 2.04. The molecule has 0 radical (unpaired) electrons. The van der Waals surface area contributed by atoms with Gasteiger partial charge in [-0.3, -0.25) is 9.69 Å². The van der Waals surface area contributed by atoms with Gasteiger partial charge in [-0.25, -0.2) is 22.0 Å². The number of aliphatic hydroxyl groups excluding tert-OH is 1. The van der Waals surface area contributed by atoms with Crippen LogP contribution in [0, 0.1) is 35.0 Å². The number of carbonyl (C=O) groups excluding carboxylic acids is 1. The molecule has 5 aromatic carbocycles. The predicted octanol–water partition coefficient (Wildman–Crippen LogP) is 8.76. The van der Waals surface area contributed by atoms with Crippen molar-refractivity contribution in [3.8, 4) is 0 Å². The molecule has 260 valence electrons. The van der Waals surface area contributed by atoms with Crippen LogP contribution < -0.4 is 5.32 Å². The van der Waals surface area contributed by atoms with Gasteiger partial charge >= 0.3 is 0 Å². The summed E-state index contributed by atoms with van der Waals surface area (Å²) in [6.07, 6.45) is -1.56. The number of amides is 1. The summed E-state index contributed by atoms with van der Waals surface area (Å²) >= 11 is 0. The van der Waals surface area contributed by atoms with Crippen LogP contribution >= 0.6 is 0 Å². The second-order valence-corrected chi connectivity index (χ2v) is 12.6. The smallest absolute Gasteiger partial charge is 0.261 e. The lowest BCUT2D eigenvalue weighted by molar-refractivity contribution is -0.276. The van der Waals surface area contributed by atoms with Crippen molar-refractivity contribution in [2.45, 2.75) is 45.0 Å². The minimum absolute atomic E-state index is 0.0449. The number of nitrogens with one attached hydrogen (secondary N) is 1. The van der Waals surface area contributed by atoms with Gasteiger partial charge in [0.2, 0.25) is 5.82 Å². The van der Waals surface area contributed by atoms with Crippen molar-refractivity contribution in [2.24, 2.45) is 5.92 Å². The van der Waals surface area contributed by atoms with E-state index in [1.807, 2.05) is 43.4 Å². The standard InChI is InChI=1S/C39H35F5N2O4/c1-21-30(19-46(3)22(2)27-13-12-24-6-4-5-7-28(24)18-27)49-39(50-37(21)25-10-8-23(20-47)9-11-25)26-14-16-29(17-15-26)45-38(48)31-32(40)34(42)36(44)35(43)33(31)41/h4-18,21-22,30,37,39,47H,19-20H2,1-3H3,(H,45,48). The summed E-state index contributed by atoms with van der Waals surface area (Å²) in [5, 5.41) is 14.1. The largest absolute Gasteiger partial charge is 0.392 e. The molecule has 1 amide bonds. The second kappa shape index (κ2) is 14.7. The van der Waals surface area contributed by atoms with E-state index in [0.29, 0.717) is 12.1 Å². The van der Waals surface area contributed by atoms with E-state index in [2.05, 4.69) is 54.4 Å². The second-order valence-electron chi connectivity index (χ2n) is 12.6. The van der Waals surface area contributed by atoms with E-state index in [4.69, 9.17) is 9.47 Å². The van der Waals surface area contributed by atoms with Gasteiger partial charge in [-0.1, -0.05) is 79.7 Å². The summed E-state index contributed by atoms with van der Waals surface area (Å²) < 4.78 is 82.4. The summed E-state index contributed by atoms with van der Waals surface area (Å²) in [5.74, 6) is -12.8. The van der Waals surface area contributed by atoms with Crippen molar-refractivity contribution in [3.63, 3.8) is 0 Å². The van der Waals surface area contributed by atoms with E-state index in [0.717, 1.165) is 27.5 Å². The van der Waals surface area contributed by atoms with E-state index in [1.165, 1.54) is 12.1 Å². The maximum atomic E-state index is 14.2. The average molecular weight is 691 g/mol. The number of rotatable bonds is 9. The van der Waals surface area contributed by atoms with E-state index in [9.17, 15) is 31.9 Å². The lowest BCUT2D eigenvalue weighted by Crippen LogP contribution is -2.44. The molecule has 5 atom stereocenters. The summed E-state index contributed by atoms with van der Waals surface area (Å²) in [6, 6.07) is 28.1. The molecular formula is C39H35F5N2O4. The van der Waals surface area contributed by atoms with Crippen LogP contribution in [0.5, 0.6) is 0 Å². The Bertz CT molecular complexity index is 1980. The molecule has 2 N–H and O–H groups in total. The van der Waals surface area contributed by atoms with Crippen molar-refractivity contribution < 1.29 is 41.3 Å². The Balaban J connectivity index is 1.23. The monoisotopic (exact) mass is 690 g/mol. The van der Waals surface area contributed by atoms with Crippen molar-refractivity contribution in [2.75, 3.05) is 18.9 Å². The molecule has 1 aliphatic rings. The zero-order valence-corrected chi connectivity index (χ0v) is 27.5. The van der Waals surface area contributed by atoms with Crippen LogP contribution in [0.4, 0.5) is 27.6 Å². The van der Waals surface area contributed by atoms with E-state index < -0.39 is 53.0 Å². The zero-order chi connectivity index (χ0) is 35.7. The Morgan fingerprint density at radius 2 is 1.40 bits per heavy atom. The highest BCUT2D eigenvalue weighted by Gasteiger charge is 2.39. The molecule has 0 saturated carbocycles. The quantitative estimate of drug-likeness (QED) is 0.0920. The number of nitrogens with zero attached hydrogens (tertiary/aromatic N) is 1. The van der Waals surface area contributed by atoms with Gasteiger partial charge in [0.25, 0.3) is 5.91 Å². The SMILES string of the molecule is CC1C(CN(C)C(C)c2ccc3ccccc3c2)OC(c2ccc(NC(=O)c3c(F)c(F)c(F)c(F)c3F)cc2)OC1c1ccc(CO)cc1. The third kappa shape index (κ3) is 6.99. The fraction of sp³-hybridized carbons (Fsp3) is 0.256. The molecule has 11 heteroatoms. The summed E-state index contributed by atoms with van der Waals surface area (Å²) in [6.45, 7) is 4.64. The molecule has 1 saturated heterocycles. The van der Waals surface area contributed by atoms with Crippen LogP contribution in [0.1, 0.15) is 64.9 Å². The van der Waals surface area contributed by atoms with Gasteiger partial charge in [0.05, 0.1) is 18.8 Å². The topological polar surface area (TPSA) is 71.0 Å². The summed E-state index contributed by atoms with van der Waals surface area (Å²) in [4.78, 5) is 14.8. The van der Waals surface area contributed by atoms with Crippen LogP contribution in [0.25, 0.3) is 10.8 Å². The van der Waals surface area contributed by atoms with Crippen molar-refractivity contribution in [3.05, 3.63) is 148 Å². The van der Waals surface area contributed by atoms with Gasteiger partial charge in [-0.15, -0.1) is 0 Å². The molecule has 5 unspecified atom stereocenters. The average Bonchev–Trinajstić information content (AvgIpc) is 3.14. The third-order valence-electron chi connectivity index (χ3n) is 9.39. The van der Waals surface area contributed by atoms with Crippen LogP contribution in [0.15, 0.2) is 91.0 Å². The predicted molar refractivity (Wildman–Crippen MR) is 179 cm³/mol. The van der Waals surface area contributed by atoms with Crippen molar-refractivity contribution in [1.82, 2.24) is 4.90 Å². The molecule has 1 fully saturated rings. The fourth-order valence-electron chi connectivity index (χ4n) is 6.21. The number of likely N-dealkylation sites (N-methyl/N-ethyl adjacent to an activating group) is 1. The molecule has 1 heterocycles. The Kier molecular flexibility index (Phi) is 10.3. The Morgan fingerprint density at radius 1 is 0.800 bits per heavy atom. The zero-order valence-electron chi connectivity index (χ0n) is 27.5. The van der Waals surface area contributed by atoms with Gasteiger partial charge in [0, 0.05) is 29.8 Å². The number of hydrogen-bond donors (Lipinski definition) is 2. The molecule has 6 nitrogen and oxygen atoms in total. The Morgan fingerprint density at radius 3 is 2.04 bits per heavy atom. The normalized spacial score (nSPS) is 19.9. The van der Waals surface area contributed by atoms with Gasteiger partial charge in [-0.2, -0.15) is 0 Å². The number of benzene rings is 5. The first-order chi connectivity index (χ1) is 24.0. The van der Waals surface area contributed by atoms with E-state index in [-0.39, 0.29) is 30.4 Å². The van der Waals surface area contributed by atoms with Crippen LogP contribution in [0.3, 0.4) is 0 Å². The number of anilines is 1. The number of carbonyl (C=O) groups is 1. The van der Waals surface area contributed by atoms with Gasteiger partial charge in [0.1, 0.15) is 5.56 Å². The molecule has 0 spiro atoms. The van der Waals surface area contributed by atoms with Crippen LogP contribution in [-0.4, -0.2) is 35.6 Å². The van der Waals surface area contributed by atoms with Gasteiger partial charge < -0.3 is 19.9 Å². The number of halogens is 5. The molecular weight excluding hydrogens is 655 g/mol.